The van der Waals surface area contributed by atoms with Crippen molar-refractivity contribution < 1.29 is 18.7 Å². The fourth-order valence-corrected chi connectivity index (χ4v) is 2.43. The predicted octanol–water partition coefficient (Wildman–Crippen LogP) is 3.27. The third kappa shape index (κ3) is 4.01. The van der Waals surface area contributed by atoms with Crippen molar-refractivity contribution in [3.8, 4) is 0 Å². The number of rotatable bonds is 5. The smallest absolute Gasteiger partial charge is 0.340 e. The Balaban J connectivity index is 2.12. The summed E-state index contributed by atoms with van der Waals surface area (Å²) in [7, 11) is 0. The molecule has 5 nitrogen and oxygen atoms in total. The molecule has 0 unspecified atom stereocenters. The molecule has 0 spiro atoms. The first kappa shape index (κ1) is 17.7. The number of aromatic nitrogens is 1. The number of esters is 1. The molecule has 1 amide bonds. The van der Waals surface area contributed by atoms with Gasteiger partial charge in [0, 0.05) is 12.2 Å². The van der Waals surface area contributed by atoms with Crippen LogP contribution in [0.5, 0.6) is 0 Å². The summed E-state index contributed by atoms with van der Waals surface area (Å²) in [4.78, 5) is 27.4. The molecule has 0 aliphatic rings. The second kappa shape index (κ2) is 7.29. The summed E-state index contributed by atoms with van der Waals surface area (Å²) in [5.74, 6) is -1.11. The Morgan fingerprint density at radius 2 is 1.83 bits per heavy atom. The zero-order valence-corrected chi connectivity index (χ0v) is 14.2. The van der Waals surface area contributed by atoms with Crippen LogP contribution in [0.4, 0.5) is 4.39 Å². The van der Waals surface area contributed by atoms with Gasteiger partial charge in [0.1, 0.15) is 11.5 Å². The van der Waals surface area contributed by atoms with E-state index in [9.17, 15) is 14.0 Å². The number of carbonyl (C=O) groups excluding carboxylic acids is 2. The van der Waals surface area contributed by atoms with E-state index in [1.165, 1.54) is 12.1 Å². The summed E-state index contributed by atoms with van der Waals surface area (Å²) in [6.45, 7) is 7.23. The Labute approximate surface area is 140 Å². The number of carbonyl (C=O) groups is 2. The van der Waals surface area contributed by atoms with Crippen LogP contribution in [-0.2, 0) is 11.3 Å². The first-order valence-electron chi connectivity index (χ1n) is 7.72. The number of ether oxygens (including phenoxy) is 1. The maximum Gasteiger partial charge on any atom is 0.340 e. The normalized spacial score (nSPS) is 10.8. The zero-order chi connectivity index (χ0) is 17.9. The van der Waals surface area contributed by atoms with Crippen LogP contribution >= 0.6 is 0 Å². The number of H-pyrrole nitrogens is 1. The third-order valence-electron chi connectivity index (χ3n) is 3.58. The zero-order valence-electron chi connectivity index (χ0n) is 14.2. The average molecular weight is 332 g/mol. The summed E-state index contributed by atoms with van der Waals surface area (Å²) >= 11 is 0. The second-order valence-electron chi connectivity index (χ2n) is 5.89. The van der Waals surface area contributed by atoms with Crippen molar-refractivity contribution in [3.05, 3.63) is 58.2 Å². The molecule has 1 aromatic carbocycles. The van der Waals surface area contributed by atoms with Crippen LogP contribution in [0, 0.1) is 19.7 Å². The Morgan fingerprint density at radius 3 is 2.42 bits per heavy atom. The van der Waals surface area contributed by atoms with Gasteiger partial charge in [0.25, 0.3) is 5.91 Å². The second-order valence-corrected chi connectivity index (χ2v) is 5.89. The molecule has 0 radical (unpaired) electrons. The molecule has 0 aliphatic heterocycles. The SMILES string of the molecule is Cc1[nH]c(C(=O)NCc2ccc(F)cc2)c(C)c1C(=O)OC(C)C. The molecule has 0 saturated carbocycles. The van der Waals surface area contributed by atoms with Crippen molar-refractivity contribution >= 4 is 11.9 Å². The largest absolute Gasteiger partial charge is 0.459 e. The van der Waals surface area contributed by atoms with E-state index in [1.807, 2.05) is 0 Å². The van der Waals surface area contributed by atoms with E-state index in [0.29, 0.717) is 22.5 Å². The number of benzene rings is 1. The topological polar surface area (TPSA) is 71.2 Å². The van der Waals surface area contributed by atoms with Crippen molar-refractivity contribution in [2.75, 3.05) is 0 Å². The van der Waals surface area contributed by atoms with Gasteiger partial charge in [-0.15, -0.1) is 0 Å². The summed E-state index contributed by atoms with van der Waals surface area (Å²) in [6.07, 6.45) is -0.234. The number of aromatic amines is 1. The number of amides is 1. The number of hydrogen-bond acceptors (Lipinski definition) is 3. The highest BCUT2D eigenvalue weighted by Crippen LogP contribution is 2.19. The number of halogens is 1. The third-order valence-corrected chi connectivity index (χ3v) is 3.58. The molecule has 0 bridgehead atoms. The molecule has 24 heavy (non-hydrogen) atoms. The van der Waals surface area contributed by atoms with Gasteiger partial charge in [0.05, 0.1) is 11.7 Å². The lowest BCUT2D eigenvalue weighted by molar-refractivity contribution is 0.0376. The van der Waals surface area contributed by atoms with Gasteiger partial charge in [0.15, 0.2) is 0 Å². The van der Waals surface area contributed by atoms with Crippen LogP contribution in [0.3, 0.4) is 0 Å². The molecule has 128 valence electrons. The highest BCUT2D eigenvalue weighted by atomic mass is 19.1. The Kier molecular flexibility index (Phi) is 5.39. The van der Waals surface area contributed by atoms with Crippen molar-refractivity contribution in [1.82, 2.24) is 10.3 Å². The molecule has 2 N–H and O–H groups in total. The van der Waals surface area contributed by atoms with Crippen LogP contribution in [0.1, 0.15) is 51.5 Å². The molecule has 0 saturated heterocycles. The van der Waals surface area contributed by atoms with Crippen LogP contribution < -0.4 is 5.32 Å². The summed E-state index contributed by atoms with van der Waals surface area (Å²) in [5, 5.41) is 2.75. The molecule has 6 heteroatoms. The van der Waals surface area contributed by atoms with Crippen molar-refractivity contribution in [1.29, 1.82) is 0 Å². The fourth-order valence-electron chi connectivity index (χ4n) is 2.43. The highest BCUT2D eigenvalue weighted by molar-refractivity contribution is 6.00. The summed E-state index contributed by atoms with van der Waals surface area (Å²) < 4.78 is 18.1. The van der Waals surface area contributed by atoms with E-state index < -0.39 is 5.97 Å². The standard InChI is InChI=1S/C18H21FN2O3/c1-10(2)24-18(23)15-11(3)16(21-12(15)4)17(22)20-9-13-5-7-14(19)8-6-13/h5-8,10,21H,9H2,1-4H3,(H,20,22). The van der Waals surface area contributed by atoms with E-state index in [0.717, 1.165) is 5.56 Å². The van der Waals surface area contributed by atoms with E-state index in [1.54, 1.807) is 39.8 Å². The molecular weight excluding hydrogens is 311 g/mol. The molecule has 0 aliphatic carbocycles. The van der Waals surface area contributed by atoms with Gasteiger partial charge < -0.3 is 15.0 Å². The van der Waals surface area contributed by atoms with Gasteiger partial charge in [0.2, 0.25) is 0 Å². The predicted molar refractivity (Wildman–Crippen MR) is 88.4 cm³/mol. The van der Waals surface area contributed by atoms with Gasteiger partial charge in [-0.25, -0.2) is 9.18 Å². The Hall–Kier alpha value is -2.63. The molecule has 0 fully saturated rings. The monoisotopic (exact) mass is 332 g/mol. The first-order valence-corrected chi connectivity index (χ1v) is 7.72. The van der Waals surface area contributed by atoms with Crippen LogP contribution in [-0.4, -0.2) is 23.0 Å². The molecule has 2 aromatic rings. The minimum Gasteiger partial charge on any atom is -0.459 e. The molecule has 2 rings (SSSR count). The minimum atomic E-state index is -0.450. The van der Waals surface area contributed by atoms with Gasteiger partial charge in [-0.05, 0) is 51.0 Å². The van der Waals surface area contributed by atoms with E-state index in [2.05, 4.69) is 10.3 Å². The van der Waals surface area contributed by atoms with Crippen molar-refractivity contribution in [3.63, 3.8) is 0 Å². The van der Waals surface area contributed by atoms with E-state index in [-0.39, 0.29) is 24.4 Å². The lowest BCUT2D eigenvalue weighted by Crippen LogP contribution is -2.24. The van der Waals surface area contributed by atoms with Gasteiger partial charge in [-0.2, -0.15) is 0 Å². The van der Waals surface area contributed by atoms with Crippen LogP contribution in [0.2, 0.25) is 0 Å². The lowest BCUT2D eigenvalue weighted by atomic mass is 10.1. The molecule has 0 atom stereocenters. The number of nitrogens with one attached hydrogen (secondary N) is 2. The summed E-state index contributed by atoms with van der Waals surface area (Å²) in [6, 6.07) is 5.89. The van der Waals surface area contributed by atoms with Crippen LogP contribution in [0.15, 0.2) is 24.3 Å². The fraction of sp³-hybridized carbons (Fsp3) is 0.333. The molecule has 1 heterocycles. The Bertz CT molecular complexity index is 748. The van der Waals surface area contributed by atoms with Crippen molar-refractivity contribution in [2.24, 2.45) is 0 Å². The lowest BCUT2D eigenvalue weighted by Gasteiger charge is -2.08. The highest BCUT2D eigenvalue weighted by Gasteiger charge is 2.23. The van der Waals surface area contributed by atoms with E-state index in [4.69, 9.17) is 4.74 Å². The maximum atomic E-state index is 12.9. The number of aryl methyl sites for hydroxylation is 1. The summed E-state index contributed by atoms with van der Waals surface area (Å²) in [5.41, 5.74) is 2.63. The first-order chi connectivity index (χ1) is 11.3. The molecular formula is C18H21FN2O3. The maximum absolute atomic E-state index is 12.9. The average Bonchev–Trinajstić information content (AvgIpc) is 2.80. The van der Waals surface area contributed by atoms with Crippen molar-refractivity contribution in [2.45, 2.75) is 40.3 Å². The Morgan fingerprint density at radius 1 is 1.21 bits per heavy atom. The minimum absolute atomic E-state index is 0.234. The van der Waals surface area contributed by atoms with Gasteiger partial charge in [-0.1, -0.05) is 12.1 Å². The van der Waals surface area contributed by atoms with Gasteiger partial charge in [-0.3, -0.25) is 4.79 Å². The number of hydrogen-bond donors (Lipinski definition) is 2. The van der Waals surface area contributed by atoms with E-state index >= 15 is 0 Å². The molecule has 1 aromatic heterocycles. The van der Waals surface area contributed by atoms with Crippen LogP contribution in [0.25, 0.3) is 0 Å². The quantitative estimate of drug-likeness (QED) is 0.826. The van der Waals surface area contributed by atoms with Gasteiger partial charge >= 0.3 is 5.97 Å².